The molecule has 1 aromatic rings. The summed E-state index contributed by atoms with van der Waals surface area (Å²) in [7, 11) is 0. The summed E-state index contributed by atoms with van der Waals surface area (Å²) in [5.41, 5.74) is 0. The minimum absolute atomic E-state index is 0.743. The molecule has 0 aliphatic heterocycles. The van der Waals surface area contributed by atoms with Crippen molar-refractivity contribution in [2.75, 3.05) is 6.54 Å². The Hall–Kier alpha value is -0.120. The molecule has 1 heterocycles. The first kappa shape index (κ1) is 9.96. The maximum absolute atomic E-state index is 4.21. The quantitative estimate of drug-likeness (QED) is 0.522. The van der Waals surface area contributed by atoms with Crippen LogP contribution in [0.15, 0.2) is 6.20 Å². The minimum Gasteiger partial charge on any atom is -0.300 e. The Balaban J connectivity index is 2.27. The van der Waals surface area contributed by atoms with E-state index in [-0.39, 0.29) is 0 Å². The van der Waals surface area contributed by atoms with E-state index in [9.17, 15) is 0 Å². The molecular formula is C8H9IN2S. The number of nitrogens with zero attached hydrogens (tertiary/aromatic N) is 1. The first-order valence-corrected chi connectivity index (χ1v) is 5.43. The fourth-order valence-corrected chi connectivity index (χ4v) is 2.20. The van der Waals surface area contributed by atoms with Crippen LogP contribution in [-0.2, 0) is 6.54 Å². The lowest BCUT2D eigenvalue weighted by molar-refractivity contribution is 0.764. The molecule has 0 radical (unpaired) electrons. The van der Waals surface area contributed by atoms with Crippen LogP contribution >= 0.6 is 33.9 Å². The number of hydrogen-bond acceptors (Lipinski definition) is 3. The maximum Gasteiger partial charge on any atom is 0.107 e. The third-order valence-corrected chi connectivity index (χ3v) is 2.92. The van der Waals surface area contributed by atoms with E-state index in [4.69, 9.17) is 0 Å². The molecular weight excluding hydrogens is 283 g/mol. The second kappa shape index (κ2) is 5.51. The van der Waals surface area contributed by atoms with Crippen molar-refractivity contribution in [1.29, 1.82) is 0 Å². The number of nitrogens with one attached hydrogen (secondary N) is 1. The van der Waals surface area contributed by atoms with Gasteiger partial charge in [-0.05, 0) is 29.5 Å². The number of halogens is 1. The van der Waals surface area contributed by atoms with Crippen LogP contribution in [0.3, 0.4) is 0 Å². The fourth-order valence-electron chi connectivity index (χ4n) is 0.690. The van der Waals surface area contributed by atoms with Gasteiger partial charge >= 0.3 is 0 Å². The van der Waals surface area contributed by atoms with Gasteiger partial charge in [-0.1, -0.05) is 5.92 Å². The molecule has 0 aromatic carbocycles. The van der Waals surface area contributed by atoms with Gasteiger partial charge in [0.25, 0.3) is 0 Å². The van der Waals surface area contributed by atoms with Crippen molar-refractivity contribution in [2.24, 2.45) is 0 Å². The lowest BCUT2D eigenvalue weighted by Gasteiger charge is -1.93. The fraction of sp³-hybridized carbons (Fsp3) is 0.375. The Kier molecular flexibility index (Phi) is 4.58. The van der Waals surface area contributed by atoms with Crippen LogP contribution in [0.1, 0.15) is 11.9 Å². The number of thiazole rings is 1. The lowest BCUT2D eigenvalue weighted by Crippen LogP contribution is -2.12. The zero-order valence-corrected chi connectivity index (χ0v) is 9.70. The van der Waals surface area contributed by atoms with E-state index in [0.29, 0.717) is 0 Å². The lowest BCUT2D eigenvalue weighted by atomic mass is 10.5. The Bertz CT molecular complexity index is 297. The predicted molar refractivity (Wildman–Crippen MR) is 60.0 cm³/mol. The third kappa shape index (κ3) is 3.52. The minimum atomic E-state index is 0.743. The topological polar surface area (TPSA) is 24.9 Å². The molecule has 2 nitrogen and oxygen atoms in total. The zero-order valence-electron chi connectivity index (χ0n) is 6.72. The molecule has 0 unspecified atom stereocenters. The average molecular weight is 292 g/mol. The van der Waals surface area contributed by atoms with Crippen LogP contribution < -0.4 is 5.32 Å². The molecule has 0 aliphatic rings. The van der Waals surface area contributed by atoms with Crippen LogP contribution in [0, 0.1) is 14.7 Å². The third-order valence-electron chi connectivity index (χ3n) is 1.19. The summed E-state index contributed by atoms with van der Waals surface area (Å²) >= 11 is 3.98. The highest BCUT2D eigenvalue weighted by atomic mass is 127. The van der Waals surface area contributed by atoms with E-state index < -0.39 is 0 Å². The van der Waals surface area contributed by atoms with Crippen LogP contribution in [0.5, 0.6) is 0 Å². The maximum atomic E-state index is 4.21. The van der Waals surface area contributed by atoms with Crippen molar-refractivity contribution in [3.05, 3.63) is 14.1 Å². The molecule has 0 atom stereocenters. The highest BCUT2D eigenvalue weighted by Gasteiger charge is 1.96. The van der Waals surface area contributed by atoms with Crippen molar-refractivity contribution >= 4 is 33.9 Å². The molecule has 0 amide bonds. The van der Waals surface area contributed by atoms with E-state index >= 15 is 0 Å². The van der Waals surface area contributed by atoms with E-state index in [1.165, 1.54) is 2.88 Å². The van der Waals surface area contributed by atoms with Gasteiger partial charge in [-0.25, -0.2) is 4.98 Å². The first-order chi connectivity index (χ1) is 5.83. The number of aromatic nitrogens is 1. The van der Waals surface area contributed by atoms with Crippen molar-refractivity contribution in [3.8, 4) is 11.8 Å². The van der Waals surface area contributed by atoms with Gasteiger partial charge in [0.1, 0.15) is 5.01 Å². The molecule has 12 heavy (non-hydrogen) atoms. The molecule has 64 valence electrons. The van der Waals surface area contributed by atoms with Gasteiger partial charge in [-0.3, -0.25) is 5.32 Å². The SMILES string of the molecule is CC#CCNCc1ncc(I)s1. The summed E-state index contributed by atoms with van der Waals surface area (Å²) in [5.74, 6) is 5.77. The molecule has 0 bridgehead atoms. The summed E-state index contributed by atoms with van der Waals surface area (Å²) in [5, 5.41) is 4.31. The molecule has 1 rings (SSSR count). The Morgan fingerprint density at radius 1 is 1.75 bits per heavy atom. The van der Waals surface area contributed by atoms with Gasteiger partial charge in [-0.15, -0.1) is 17.3 Å². The molecule has 0 fully saturated rings. The van der Waals surface area contributed by atoms with Gasteiger partial charge in [0.2, 0.25) is 0 Å². The van der Waals surface area contributed by atoms with Crippen molar-refractivity contribution in [1.82, 2.24) is 10.3 Å². The molecule has 0 saturated carbocycles. The second-order valence-electron chi connectivity index (χ2n) is 2.09. The largest absolute Gasteiger partial charge is 0.300 e. The summed E-state index contributed by atoms with van der Waals surface area (Å²) in [6, 6.07) is 0. The standard InChI is InChI=1S/C8H9IN2S/c1-2-3-4-10-6-8-11-5-7(9)12-8/h5,10H,4,6H2,1H3. The Morgan fingerprint density at radius 3 is 3.17 bits per heavy atom. The monoisotopic (exact) mass is 292 g/mol. The van der Waals surface area contributed by atoms with Crippen LogP contribution in [0.2, 0.25) is 0 Å². The summed E-state index contributed by atoms with van der Waals surface area (Å²) in [4.78, 5) is 4.21. The van der Waals surface area contributed by atoms with Gasteiger partial charge in [0.05, 0.1) is 15.6 Å². The zero-order chi connectivity index (χ0) is 8.81. The molecule has 1 aromatic heterocycles. The van der Waals surface area contributed by atoms with Crippen molar-refractivity contribution in [2.45, 2.75) is 13.5 Å². The van der Waals surface area contributed by atoms with E-state index in [0.717, 1.165) is 18.1 Å². The Labute approximate surface area is 89.9 Å². The molecule has 4 heteroatoms. The van der Waals surface area contributed by atoms with E-state index in [2.05, 4.69) is 44.7 Å². The van der Waals surface area contributed by atoms with E-state index in [1.54, 1.807) is 11.3 Å². The highest BCUT2D eigenvalue weighted by Crippen LogP contribution is 2.14. The van der Waals surface area contributed by atoms with Gasteiger partial charge in [0, 0.05) is 6.54 Å². The molecule has 0 spiro atoms. The van der Waals surface area contributed by atoms with E-state index in [1.807, 2.05) is 13.1 Å². The second-order valence-corrected chi connectivity index (χ2v) is 5.10. The average Bonchev–Trinajstić information content (AvgIpc) is 2.45. The Morgan fingerprint density at radius 2 is 2.58 bits per heavy atom. The van der Waals surface area contributed by atoms with Crippen LogP contribution in [-0.4, -0.2) is 11.5 Å². The summed E-state index contributed by atoms with van der Waals surface area (Å²) in [6.07, 6.45) is 1.88. The van der Waals surface area contributed by atoms with Crippen molar-refractivity contribution in [3.63, 3.8) is 0 Å². The smallest absolute Gasteiger partial charge is 0.107 e. The summed E-state index contributed by atoms with van der Waals surface area (Å²) in [6.45, 7) is 3.41. The molecule has 0 aliphatic carbocycles. The highest BCUT2D eigenvalue weighted by molar-refractivity contribution is 14.1. The summed E-state index contributed by atoms with van der Waals surface area (Å²) < 4.78 is 1.23. The van der Waals surface area contributed by atoms with Crippen LogP contribution in [0.25, 0.3) is 0 Å². The molecule has 0 saturated heterocycles. The van der Waals surface area contributed by atoms with Crippen molar-refractivity contribution < 1.29 is 0 Å². The number of rotatable bonds is 3. The normalized spacial score (nSPS) is 9.17. The van der Waals surface area contributed by atoms with Gasteiger partial charge < -0.3 is 0 Å². The predicted octanol–water partition coefficient (Wildman–Crippen LogP) is 1.86. The van der Waals surface area contributed by atoms with Gasteiger partial charge in [-0.2, -0.15) is 0 Å². The number of hydrogen-bond donors (Lipinski definition) is 1. The first-order valence-electron chi connectivity index (χ1n) is 3.53. The van der Waals surface area contributed by atoms with Crippen LogP contribution in [0.4, 0.5) is 0 Å². The van der Waals surface area contributed by atoms with Gasteiger partial charge in [0.15, 0.2) is 0 Å². The molecule has 1 N–H and O–H groups in total.